The molecule has 1 aliphatic heterocycles. The van der Waals surface area contributed by atoms with Crippen molar-refractivity contribution < 1.29 is 13.2 Å². The maximum Gasteiger partial charge on any atom is 0.152 e. The summed E-state index contributed by atoms with van der Waals surface area (Å²) >= 11 is 6.66. The normalized spacial score (nSPS) is 14.1. The second kappa shape index (κ2) is 12.9. The largest absolute Gasteiger partial charge is 0.373 e. The molecule has 3 heterocycles. The first-order valence-electron chi connectivity index (χ1n) is 14.3. The maximum atomic E-state index is 14.6. The zero-order chi connectivity index (χ0) is 30.6. The number of likely N-dealkylation sites (tertiary alicyclic amines) is 1. The lowest BCUT2D eigenvalue weighted by Gasteiger charge is -2.20. The van der Waals surface area contributed by atoms with Crippen molar-refractivity contribution in [2.24, 2.45) is 0 Å². The number of nitriles is 1. The van der Waals surface area contributed by atoms with Crippen LogP contribution in [0.15, 0.2) is 67.0 Å². The van der Waals surface area contributed by atoms with Gasteiger partial charge in [-0.1, -0.05) is 47.1 Å². The van der Waals surface area contributed by atoms with Crippen LogP contribution in [0.25, 0.3) is 10.9 Å². The third kappa shape index (κ3) is 6.32. The maximum absolute atomic E-state index is 14.6. The summed E-state index contributed by atoms with van der Waals surface area (Å²) < 4.78 is 44.6. The van der Waals surface area contributed by atoms with Gasteiger partial charge in [-0.05, 0) is 56.6 Å². The number of halogens is 4. The van der Waals surface area contributed by atoms with Crippen LogP contribution in [0.2, 0.25) is 5.02 Å². The number of hydrogen-bond acceptors (Lipinski definition) is 7. The van der Waals surface area contributed by atoms with Crippen molar-refractivity contribution in [1.82, 2.24) is 24.9 Å². The first-order valence-corrected chi connectivity index (χ1v) is 14.6. The van der Waals surface area contributed by atoms with Crippen molar-refractivity contribution in [3.8, 4) is 6.07 Å². The molecule has 8 nitrogen and oxygen atoms in total. The Morgan fingerprint density at radius 3 is 2.45 bits per heavy atom. The number of nitrogens with zero attached hydrogens (tertiary/aromatic N) is 6. The fraction of sp³-hybridized carbons (Fsp3) is 0.250. The number of aryl methyl sites for hydroxylation is 1. The van der Waals surface area contributed by atoms with Gasteiger partial charge in [-0.3, -0.25) is 9.67 Å². The number of rotatable bonds is 10. The van der Waals surface area contributed by atoms with Crippen molar-refractivity contribution in [1.29, 1.82) is 5.26 Å². The average molecular weight is 617 g/mol. The summed E-state index contributed by atoms with van der Waals surface area (Å²) in [5.74, 6) is -3.36. The molecule has 1 aliphatic rings. The second-order valence-corrected chi connectivity index (χ2v) is 11.1. The molecule has 2 aromatic heterocycles. The van der Waals surface area contributed by atoms with Crippen LogP contribution in [0.4, 0.5) is 30.2 Å². The fourth-order valence-corrected chi connectivity index (χ4v) is 5.77. The molecule has 1 unspecified atom stereocenters. The topological polar surface area (TPSA) is 94.7 Å². The number of aromatic nitrogens is 4. The van der Waals surface area contributed by atoms with Crippen molar-refractivity contribution >= 4 is 39.6 Å². The van der Waals surface area contributed by atoms with Crippen LogP contribution in [-0.4, -0.2) is 44.5 Å². The highest BCUT2D eigenvalue weighted by Gasteiger charge is 2.21. The van der Waals surface area contributed by atoms with Crippen molar-refractivity contribution in [3.05, 3.63) is 106 Å². The van der Waals surface area contributed by atoms with Crippen LogP contribution in [0.1, 0.15) is 42.1 Å². The Morgan fingerprint density at radius 2 is 1.73 bits per heavy atom. The van der Waals surface area contributed by atoms with Gasteiger partial charge in [-0.25, -0.2) is 13.2 Å². The third-order valence-electron chi connectivity index (χ3n) is 7.66. The van der Waals surface area contributed by atoms with Crippen LogP contribution in [0.5, 0.6) is 0 Å². The molecule has 0 saturated carbocycles. The van der Waals surface area contributed by atoms with Crippen LogP contribution >= 0.6 is 11.6 Å². The molecule has 12 heteroatoms. The smallest absolute Gasteiger partial charge is 0.152 e. The van der Waals surface area contributed by atoms with E-state index in [4.69, 9.17) is 11.6 Å². The zero-order valence-electron chi connectivity index (χ0n) is 23.6. The van der Waals surface area contributed by atoms with Crippen LogP contribution in [-0.2, 0) is 6.54 Å². The molecule has 0 aliphatic carbocycles. The molecule has 5 aromatic rings. The zero-order valence-corrected chi connectivity index (χ0v) is 24.3. The molecule has 0 radical (unpaired) electrons. The molecule has 44 heavy (non-hydrogen) atoms. The van der Waals surface area contributed by atoms with Crippen LogP contribution in [0.3, 0.4) is 0 Å². The molecular formula is C32H28ClF3N8. The van der Waals surface area contributed by atoms with Gasteiger partial charge in [-0.2, -0.15) is 5.26 Å². The van der Waals surface area contributed by atoms with Gasteiger partial charge in [0.05, 0.1) is 34.0 Å². The van der Waals surface area contributed by atoms with Gasteiger partial charge in [-0.15, -0.1) is 5.10 Å². The Bertz CT molecular complexity index is 1810. The van der Waals surface area contributed by atoms with E-state index in [-0.39, 0.29) is 16.3 Å². The number of benzene rings is 3. The van der Waals surface area contributed by atoms with E-state index >= 15 is 0 Å². The summed E-state index contributed by atoms with van der Waals surface area (Å²) in [6.45, 7) is 4.05. The number of pyridine rings is 1. The van der Waals surface area contributed by atoms with E-state index in [9.17, 15) is 18.4 Å². The minimum absolute atomic E-state index is 0.0188. The van der Waals surface area contributed by atoms with E-state index < -0.39 is 29.2 Å². The van der Waals surface area contributed by atoms with Gasteiger partial charge in [0.2, 0.25) is 0 Å². The highest BCUT2D eigenvalue weighted by molar-refractivity contribution is 6.36. The standard InChI is InChI=1S/C32H28ClF3N8/c33-25-16-23(15-24-29(21(17-37)18-38-31(24)25)40-32-26(35)13-22(34)14-27(32)36)39-30(20-7-2-1-3-8-20)28-19-44(42-41-28)12-6-11-43-9-4-5-10-43/h1-3,7-8,13-16,18-19,30,39H,4-6,9-12H2,(H,38,40). The Labute approximate surface area is 257 Å². The quantitative estimate of drug-likeness (QED) is 0.171. The van der Waals surface area contributed by atoms with E-state index in [0.717, 1.165) is 38.2 Å². The lowest BCUT2D eigenvalue weighted by molar-refractivity contribution is 0.321. The lowest BCUT2D eigenvalue weighted by atomic mass is 10.0. The molecule has 1 saturated heterocycles. The highest BCUT2D eigenvalue weighted by atomic mass is 35.5. The van der Waals surface area contributed by atoms with Gasteiger partial charge in [0.15, 0.2) is 11.6 Å². The summed E-state index contributed by atoms with van der Waals surface area (Å²) in [5, 5.41) is 25.3. The van der Waals surface area contributed by atoms with Gasteiger partial charge in [0, 0.05) is 35.9 Å². The van der Waals surface area contributed by atoms with Gasteiger partial charge in [0.1, 0.15) is 23.3 Å². The Balaban J connectivity index is 1.34. The second-order valence-electron chi connectivity index (χ2n) is 10.7. The summed E-state index contributed by atoms with van der Waals surface area (Å²) in [6.07, 6.45) is 6.65. The summed E-state index contributed by atoms with van der Waals surface area (Å²) in [4.78, 5) is 6.77. The molecule has 0 amide bonds. The Morgan fingerprint density at radius 1 is 0.977 bits per heavy atom. The average Bonchev–Trinajstić information content (AvgIpc) is 3.71. The predicted octanol–water partition coefficient (Wildman–Crippen LogP) is 7.20. The number of hydrogen-bond donors (Lipinski definition) is 2. The lowest BCUT2D eigenvalue weighted by Crippen LogP contribution is -2.21. The van der Waals surface area contributed by atoms with Crippen LogP contribution < -0.4 is 10.6 Å². The minimum atomic E-state index is -1.15. The summed E-state index contributed by atoms with van der Waals surface area (Å²) in [5.41, 5.74) is 1.95. The van der Waals surface area contributed by atoms with E-state index in [0.29, 0.717) is 34.4 Å². The number of nitrogens with one attached hydrogen (secondary N) is 2. The predicted molar refractivity (Wildman–Crippen MR) is 163 cm³/mol. The van der Waals surface area contributed by atoms with Crippen molar-refractivity contribution in [3.63, 3.8) is 0 Å². The van der Waals surface area contributed by atoms with E-state index in [2.05, 4.69) is 30.8 Å². The molecular weight excluding hydrogens is 589 g/mol. The first kappa shape index (κ1) is 29.4. The number of anilines is 3. The van der Waals surface area contributed by atoms with E-state index in [1.54, 1.807) is 12.1 Å². The van der Waals surface area contributed by atoms with Gasteiger partial charge in [0.25, 0.3) is 0 Å². The molecule has 3 aromatic carbocycles. The fourth-order valence-electron chi connectivity index (χ4n) is 5.51. The van der Waals surface area contributed by atoms with Gasteiger partial charge >= 0.3 is 0 Å². The number of fused-ring (bicyclic) bond motifs is 1. The first-order chi connectivity index (χ1) is 21.4. The summed E-state index contributed by atoms with van der Waals surface area (Å²) in [7, 11) is 0. The molecule has 1 fully saturated rings. The van der Waals surface area contributed by atoms with E-state index in [1.807, 2.05) is 47.3 Å². The Hall–Kier alpha value is -4.66. The molecule has 224 valence electrons. The van der Waals surface area contributed by atoms with Crippen LogP contribution in [0, 0.1) is 28.8 Å². The molecule has 6 rings (SSSR count). The molecule has 0 bridgehead atoms. The molecule has 1 atom stereocenters. The van der Waals surface area contributed by atoms with E-state index in [1.165, 1.54) is 19.0 Å². The minimum Gasteiger partial charge on any atom is -0.373 e. The van der Waals surface area contributed by atoms with Gasteiger partial charge < -0.3 is 15.5 Å². The molecule has 0 spiro atoms. The highest BCUT2D eigenvalue weighted by Crippen LogP contribution is 2.37. The molecule has 2 N–H and O–H groups in total. The third-order valence-corrected chi connectivity index (χ3v) is 7.95. The Kier molecular flexibility index (Phi) is 8.63. The van der Waals surface area contributed by atoms with Crippen molar-refractivity contribution in [2.45, 2.75) is 31.8 Å². The summed E-state index contributed by atoms with van der Waals surface area (Å²) in [6, 6.07) is 15.8. The SMILES string of the molecule is N#Cc1cnc2c(Cl)cc(NC(c3ccccc3)c3cn(CCCN4CCCC4)nn3)cc2c1Nc1c(F)cc(F)cc1F. The van der Waals surface area contributed by atoms with Crippen molar-refractivity contribution in [2.75, 3.05) is 30.3 Å². The monoisotopic (exact) mass is 616 g/mol.